The Morgan fingerprint density at radius 1 is 1.90 bits per heavy atom. The van der Waals surface area contributed by atoms with Crippen LogP contribution in [0.15, 0.2) is 6.20 Å². The summed E-state index contributed by atoms with van der Waals surface area (Å²) in [6, 6.07) is 0. The molecular formula is C6H7ClN2O. The van der Waals surface area contributed by atoms with E-state index in [0.717, 1.165) is 6.29 Å². The fraction of sp³-hybridized carbons (Fsp3) is 0.333. The second-order valence-electron chi connectivity index (χ2n) is 1.81. The molecule has 0 aliphatic heterocycles. The van der Waals surface area contributed by atoms with Gasteiger partial charge in [0.15, 0.2) is 6.29 Å². The average Bonchev–Trinajstić information content (AvgIpc) is 2.30. The molecule has 0 radical (unpaired) electrons. The maximum absolute atomic E-state index is 10.3. The molecule has 1 aromatic rings. The van der Waals surface area contributed by atoms with Crippen LogP contribution in [0.3, 0.4) is 0 Å². The van der Waals surface area contributed by atoms with Gasteiger partial charge in [0.1, 0.15) is 5.69 Å². The van der Waals surface area contributed by atoms with E-state index in [1.54, 1.807) is 4.57 Å². The summed E-state index contributed by atoms with van der Waals surface area (Å²) in [5, 5.41) is 0.365. The summed E-state index contributed by atoms with van der Waals surface area (Å²) in [5.41, 5.74) is 0.521. The maximum Gasteiger partial charge on any atom is 0.203 e. The number of nitrogens with zero attached hydrogens (tertiary/aromatic N) is 2. The predicted molar refractivity (Wildman–Crippen MR) is 38.3 cm³/mol. The monoisotopic (exact) mass is 158 g/mol. The molecule has 0 saturated carbocycles. The lowest BCUT2D eigenvalue weighted by Crippen LogP contribution is -1.98. The van der Waals surface area contributed by atoms with Gasteiger partial charge in [-0.3, -0.25) is 4.79 Å². The van der Waals surface area contributed by atoms with Gasteiger partial charge in [0.2, 0.25) is 5.28 Å². The highest BCUT2D eigenvalue weighted by Crippen LogP contribution is 2.07. The Balaban J connectivity index is 3.12. The zero-order chi connectivity index (χ0) is 7.56. The first kappa shape index (κ1) is 7.28. The minimum Gasteiger partial charge on any atom is -0.313 e. The average molecular weight is 159 g/mol. The Labute approximate surface area is 63.6 Å². The molecule has 0 fully saturated rings. The van der Waals surface area contributed by atoms with Gasteiger partial charge in [0.25, 0.3) is 0 Å². The minimum absolute atomic E-state index is 0.365. The van der Waals surface area contributed by atoms with Crippen LogP contribution in [-0.4, -0.2) is 15.8 Å². The molecule has 0 saturated heterocycles. The van der Waals surface area contributed by atoms with Crippen molar-refractivity contribution in [1.82, 2.24) is 9.55 Å². The molecule has 4 heteroatoms. The number of carbonyl (C=O) groups excluding carboxylic acids is 1. The van der Waals surface area contributed by atoms with E-state index in [1.807, 2.05) is 6.92 Å². The highest BCUT2D eigenvalue weighted by Gasteiger charge is 2.03. The Morgan fingerprint density at radius 3 is 3.00 bits per heavy atom. The van der Waals surface area contributed by atoms with Crippen LogP contribution in [0.1, 0.15) is 17.4 Å². The summed E-state index contributed by atoms with van der Waals surface area (Å²) in [6.07, 6.45) is 2.20. The van der Waals surface area contributed by atoms with Gasteiger partial charge in [-0.05, 0) is 18.5 Å². The van der Waals surface area contributed by atoms with E-state index in [2.05, 4.69) is 4.98 Å². The van der Waals surface area contributed by atoms with Crippen LogP contribution in [-0.2, 0) is 6.54 Å². The Bertz CT molecular complexity index is 244. The van der Waals surface area contributed by atoms with Crippen molar-refractivity contribution >= 4 is 17.9 Å². The Morgan fingerprint density at radius 2 is 2.60 bits per heavy atom. The normalized spacial score (nSPS) is 9.80. The summed E-state index contributed by atoms with van der Waals surface area (Å²) in [5.74, 6) is 0. The summed E-state index contributed by atoms with van der Waals surface area (Å²) >= 11 is 5.62. The maximum atomic E-state index is 10.3. The molecule has 1 rings (SSSR count). The summed E-state index contributed by atoms with van der Waals surface area (Å²) in [4.78, 5) is 14.0. The summed E-state index contributed by atoms with van der Waals surface area (Å²) < 4.78 is 1.63. The van der Waals surface area contributed by atoms with E-state index in [9.17, 15) is 4.79 Å². The lowest BCUT2D eigenvalue weighted by atomic mass is 10.5. The van der Waals surface area contributed by atoms with E-state index in [-0.39, 0.29) is 0 Å². The van der Waals surface area contributed by atoms with Crippen LogP contribution in [0.25, 0.3) is 0 Å². The van der Waals surface area contributed by atoms with Crippen molar-refractivity contribution in [2.45, 2.75) is 13.5 Å². The van der Waals surface area contributed by atoms with Gasteiger partial charge in [0.05, 0.1) is 6.20 Å². The van der Waals surface area contributed by atoms with Gasteiger partial charge < -0.3 is 4.57 Å². The number of hydrogen-bond donors (Lipinski definition) is 0. The first-order chi connectivity index (χ1) is 4.79. The van der Waals surface area contributed by atoms with Gasteiger partial charge in [0, 0.05) is 6.54 Å². The smallest absolute Gasteiger partial charge is 0.203 e. The van der Waals surface area contributed by atoms with E-state index >= 15 is 0 Å². The molecule has 0 aliphatic rings. The predicted octanol–water partition coefficient (Wildman–Crippen LogP) is 1.37. The molecular weight excluding hydrogens is 152 g/mol. The Kier molecular flexibility index (Phi) is 2.06. The lowest BCUT2D eigenvalue weighted by molar-refractivity contribution is 0.111. The molecule has 0 aliphatic carbocycles. The lowest BCUT2D eigenvalue weighted by Gasteiger charge is -1.97. The van der Waals surface area contributed by atoms with Gasteiger partial charge in [-0.1, -0.05) is 0 Å². The van der Waals surface area contributed by atoms with Gasteiger partial charge in [-0.2, -0.15) is 0 Å². The zero-order valence-corrected chi connectivity index (χ0v) is 6.30. The third-order valence-corrected chi connectivity index (χ3v) is 1.58. The first-order valence-corrected chi connectivity index (χ1v) is 3.33. The van der Waals surface area contributed by atoms with Crippen molar-refractivity contribution in [3.63, 3.8) is 0 Å². The number of halogens is 1. The fourth-order valence-electron chi connectivity index (χ4n) is 0.772. The molecule has 3 nitrogen and oxygen atoms in total. The topological polar surface area (TPSA) is 34.9 Å². The molecule has 10 heavy (non-hydrogen) atoms. The fourth-order valence-corrected chi connectivity index (χ4v) is 1.04. The third kappa shape index (κ3) is 1.04. The van der Waals surface area contributed by atoms with E-state index in [0.29, 0.717) is 17.5 Å². The van der Waals surface area contributed by atoms with Crippen LogP contribution in [0, 0.1) is 0 Å². The number of aldehydes is 1. The minimum atomic E-state index is 0.365. The molecule has 0 unspecified atom stereocenters. The van der Waals surface area contributed by atoms with Gasteiger partial charge in [-0.15, -0.1) is 0 Å². The van der Waals surface area contributed by atoms with Crippen molar-refractivity contribution in [1.29, 1.82) is 0 Å². The third-order valence-electron chi connectivity index (χ3n) is 1.27. The second-order valence-corrected chi connectivity index (χ2v) is 2.15. The highest BCUT2D eigenvalue weighted by atomic mass is 35.5. The molecule has 0 bridgehead atoms. The second kappa shape index (κ2) is 2.84. The van der Waals surface area contributed by atoms with Crippen LogP contribution in [0.5, 0.6) is 0 Å². The molecule has 1 aromatic heterocycles. The molecule has 54 valence electrons. The van der Waals surface area contributed by atoms with Crippen molar-refractivity contribution in [2.75, 3.05) is 0 Å². The van der Waals surface area contributed by atoms with Gasteiger partial charge >= 0.3 is 0 Å². The number of aromatic nitrogens is 2. The van der Waals surface area contributed by atoms with E-state index < -0.39 is 0 Å². The number of imidazole rings is 1. The molecule has 0 spiro atoms. The molecule has 0 N–H and O–H groups in total. The molecule has 0 aromatic carbocycles. The van der Waals surface area contributed by atoms with E-state index in [4.69, 9.17) is 11.6 Å². The van der Waals surface area contributed by atoms with Crippen LogP contribution in [0.4, 0.5) is 0 Å². The largest absolute Gasteiger partial charge is 0.313 e. The number of hydrogen-bond acceptors (Lipinski definition) is 2. The van der Waals surface area contributed by atoms with Crippen LogP contribution < -0.4 is 0 Å². The van der Waals surface area contributed by atoms with Crippen LogP contribution in [0.2, 0.25) is 5.28 Å². The standard InChI is InChI=1S/C6H7ClN2O/c1-2-9-5(4-10)3-8-6(9)7/h3-4H,2H2,1H3. The van der Waals surface area contributed by atoms with Crippen molar-refractivity contribution < 1.29 is 4.79 Å². The molecule has 1 heterocycles. The molecule has 0 amide bonds. The van der Waals surface area contributed by atoms with Crippen molar-refractivity contribution in [2.24, 2.45) is 0 Å². The summed E-state index contributed by atoms with van der Waals surface area (Å²) in [6.45, 7) is 2.58. The number of rotatable bonds is 2. The van der Waals surface area contributed by atoms with Crippen molar-refractivity contribution in [3.05, 3.63) is 17.2 Å². The van der Waals surface area contributed by atoms with Crippen molar-refractivity contribution in [3.8, 4) is 0 Å². The summed E-state index contributed by atoms with van der Waals surface area (Å²) in [7, 11) is 0. The quantitative estimate of drug-likeness (QED) is 0.610. The highest BCUT2D eigenvalue weighted by molar-refractivity contribution is 6.28. The molecule has 0 atom stereocenters. The Hall–Kier alpha value is -0.830. The SMILES string of the molecule is CCn1c(C=O)cnc1Cl. The van der Waals surface area contributed by atoms with Gasteiger partial charge in [-0.25, -0.2) is 4.98 Å². The van der Waals surface area contributed by atoms with Crippen LogP contribution >= 0.6 is 11.6 Å². The number of carbonyl (C=O) groups is 1. The zero-order valence-electron chi connectivity index (χ0n) is 5.54. The first-order valence-electron chi connectivity index (χ1n) is 2.95. The van der Waals surface area contributed by atoms with E-state index in [1.165, 1.54) is 6.20 Å².